The van der Waals surface area contributed by atoms with Gasteiger partial charge in [0.25, 0.3) is 5.91 Å². The van der Waals surface area contributed by atoms with Gasteiger partial charge in [-0.15, -0.1) is 0 Å². The molecule has 0 radical (unpaired) electrons. The van der Waals surface area contributed by atoms with E-state index >= 15 is 0 Å². The molecule has 1 heterocycles. The van der Waals surface area contributed by atoms with Crippen molar-refractivity contribution in [1.82, 2.24) is 15.5 Å². The number of amides is 1. The van der Waals surface area contributed by atoms with Gasteiger partial charge in [0, 0.05) is 11.1 Å². The maximum Gasteiger partial charge on any atom is 0.269 e. The summed E-state index contributed by atoms with van der Waals surface area (Å²) in [4.78, 5) is 12.9. The Bertz CT molecular complexity index is 789. The molecule has 0 aliphatic heterocycles. The summed E-state index contributed by atoms with van der Waals surface area (Å²) in [5, 5.41) is 10.6. The Hall–Kier alpha value is -2.30. The Labute approximate surface area is 153 Å². The number of benzene rings is 1. The predicted molar refractivity (Wildman–Crippen MR) is 98.9 cm³/mol. The van der Waals surface area contributed by atoms with E-state index in [4.69, 9.17) is 4.74 Å². The van der Waals surface area contributed by atoms with Crippen LogP contribution in [0.5, 0.6) is 5.75 Å². The quantitative estimate of drug-likeness (QED) is 0.881. The highest BCUT2D eigenvalue weighted by atomic mass is 16.5. The highest BCUT2D eigenvalue weighted by Crippen LogP contribution is 2.55. The Morgan fingerprint density at radius 3 is 2.31 bits per heavy atom. The number of aromatic amines is 1. The molecule has 26 heavy (non-hydrogen) atoms. The van der Waals surface area contributed by atoms with Crippen LogP contribution in [-0.2, 0) is 0 Å². The van der Waals surface area contributed by atoms with Crippen LogP contribution in [0.1, 0.15) is 49.0 Å². The predicted octanol–water partition coefficient (Wildman–Crippen LogP) is 3.78. The lowest BCUT2D eigenvalue weighted by Crippen LogP contribution is -2.59. The van der Waals surface area contributed by atoms with Crippen LogP contribution in [0.25, 0.3) is 11.3 Å². The minimum Gasteiger partial charge on any atom is -0.497 e. The molecule has 0 unspecified atom stereocenters. The van der Waals surface area contributed by atoms with Gasteiger partial charge in [-0.1, -0.05) is 0 Å². The maximum absolute atomic E-state index is 12.9. The molecule has 136 valence electrons. The highest BCUT2D eigenvalue weighted by Gasteiger charge is 2.51. The molecule has 1 aromatic heterocycles. The van der Waals surface area contributed by atoms with Gasteiger partial charge in [-0.3, -0.25) is 9.89 Å². The average molecular weight is 351 g/mol. The number of nitrogens with zero attached hydrogens (tertiary/aromatic N) is 1. The zero-order chi connectivity index (χ0) is 17.7. The van der Waals surface area contributed by atoms with Crippen molar-refractivity contribution in [2.45, 2.75) is 44.1 Å². The molecule has 5 heteroatoms. The van der Waals surface area contributed by atoms with Crippen LogP contribution in [0.3, 0.4) is 0 Å². The molecular formula is C21H25N3O2. The molecule has 4 saturated carbocycles. The summed E-state index contributed by atoms with van der Waals surface area (Å²) in [5.41, 5.74) is 2.32. The summed E-state index contributed by atoms with van der Waals surface area (Å²) in [6.45, 7) is 0. The lowest BCUT2D eigenvalue weighted by molar-refractivity contribution is -0.0167. The summed E-state index contributed by atoms with van der Waals surface area (Å²) < 4.78 is 5.19. The molecule has 4 aliphatic carbocycles. The van der Waals surface area contributed by atoms with Crippen LogP contribution in [-0.4, -0.2) is 28.8 Å². The van der Waals surface area contributed by atoms with E-state index in [1.807, 2.05) is 30.3 Å². The fourth-order valence-corrected chi connectivity index (χ4v) is 5.92. The van der Waals surface area contributed by atoms with Gasteiger partial charge in [0.1, 0.15) is 11.4 Å². The summed E-state index contributed by atoms with van der Waals surface area (Å²) >= 11 is 0. The van der Waals surface area contributed by atoms with E-state index in [2.05, 4.69) is 15.5 Å². The Kier molecular flexibility index (Phi) is 3.59. The highest BCUT2D eigenvalue weighted by molar-refractivity contribution is 5.94. The molecule has 4 aliphatic rings. The minimum atomic E-state index is -0.0146. The number of aromatic nitrogens is 2. The number of rotatable bonds is 4. The normalized spacial score (nSPS) is 31.8. The van der Waals surface area contributed by atoms with Gasteiger partial charge in [-0.25, -0.2) is 0 Å². The van der Waals surface area contributed by atoms with Crippen LogP contribution in [0.15, 0.2) is 30.3 Å². The third kappa shape index (κ3) is 2.70. The third-order valence-electron chi connectivity index (χ3n) is 6.63. The van der Waals surface area contributed by atoms with Crippen LogP contribution in [0, 0.1) is 17.8 Å². The van der Waals surface area contributed by atoms with Crippen molar-refractivity contribution in [3.05, 3.63) is 36.0 Å². The largest absolute Gasteiger partial charge is 0.497 e. The molecule has 4 bridgehead atoms. The van der Waals surface area contributed by atoms with E-state index in [-0.39, 0.29) is 11.4 Å². The van der Waals surface area contributed by atoms with Gasteiger partial charge in [0.2, 0.25) is 0 Å². The van der Waals surface area contributed by atoms with Crippen LogP contribution in [0.2, 0.25) is 0 Å². The fraction of sp³-hybridized carbons (Fsp3) is 0.524. The van der Waals surface area contributed by atoms with E-state index in [0.717, 1.165) is 54.0 Å². The van der Waals surface area contributed by atoms with E-state index in [1.165, 1.54) is 19.3 Å². The molecular weight excluding hydrogens is 326 g/mol. The SMILES string of the molecule is COc1ccc(-c2cc(C(=O)NC34CC5CC(CC(C5)C3)C4)[nH]n2)cc1. The molecule has 5 nitrogen and oxygen atoms in total. The molecule has 1 amide bonds. The van der Waals surface area contributed by atoms with E-state index in [1.54, 1.807) is 7.11 Å². The van der Waals surface area contributed by atoms with Gasteiger partial charge >= 0.3 is 0 Å². The number of H-pyrrole nitrogens is 1. The molecule has 6 rings (SSSR count). The summed E-state index contributed by atoms with van der Waals surface area (Å²) in [7, 11) is 1.65. The smallest absolute Gasteiger partial charge is 0.269 e. The van der Waals surface area contributed by atoms with Crippen molar-refractivity contribution >= 4 is 5.91 Å². The first-order valence-electron chi connectivity index (χ1n) is 9.65. The van der Waals surface area contributed by atoms with Crippen molar-refractivity contribution in [3.63, 3.8) is 0 Å². The van der Waals surface area contributed by atoms with Crippen molar-refractivity contribution in [2.75, 3.05) is 7.11 Å². The number of carbonyl (C=O) groups is 1. The van der Waals surface area contributed by atoms with Crippen LogP contribution < -0.4 is 10.1 Å². The standard InChI is InChI=1S/C21H25N3O2/c1-26-17-4-2-16(3-5-17)18-9-19(24-23-18)20(25)22-21-10-13-6-14(11-21)8-15(7-13)12-21/h2-5,9,13-15H,6-8,10-12H2,1H3,(H,22,25)(H,23,24). The number of carbonyl (C=O) groups excluding carboxylic acids is 1. The first-order chi connectivity index (χ1) is 12.6. The first-order valence-corrected chi connectivity index (χ1v) is 9.65. The lowest BCUT2D eigenvalue weighted by atomic mass is 9.53. The summed E-state index contributed by atoms with van der Waals surface area (Å²) in [6, 6.07) is 9.56. The molecule has 2 aromatic rings. The number of hydrogen-bond acceptors (Lipinski definition) is 3. The van der Waals surface area contributed by atoms with E-state index in [9.17, 15) is 4.79 Å². The number of hydrogen-bond donors (Lipinski definition) is 2. The summed E-state index contributed by atoms with van der Waals surface area (Å²) in [5.74, 6) is 3.25. The Balaban J connectivity index is 1.33. The van der Waals surface area contributed by atoms with Crippen LogP contribution in [0.4, 0.5) is 0 Å². The van der Waals surface area contributed by atoms with Gasteiger partial charge < -0.3 is 10.1 Å². The van der Waals surface area contributed by atoms with Gasteiger partial charge in [0.05, 0.1) is 12.8 Å². The number of ether oxygens (including phenoxy) is 1. The second-order valence-corrected chi connectivity index (χ2v) is 8.55. The molecule has 0 saturated heterocycles. The zero-order valence-electron chi connectivity index (χ0n) is 15.1. The fourth-order valence-electron chi connectivity index (χ4n) is 5.92. The topological polar surface area (TPSA) is 67.0 Å². The van der Waals surface area contributed by atoms with Crippen molar-refractivity contribution in [3.8, 4) is 17.0 Å². The molecule has 0 spiro atoms. The number of methoxy groups -OCH3 is 1. The maximum atomic E-state index is 12.9. The van der Waals surface area contributed by atoms with Crippen molar-refractivity contribution < 1.29 is 9.53 Å². The van der Waals surface area contributed by atoms with Gasteiger partial charge in [-0.05, 0) is 86.6 Å². The first kappa shape index (κ1) is 15.9. The van der Waals surface area contributed by atoms with E-state index in [0.29, 0.717) is 5.69 Å². The Morgan fingerprint density at radius 2 is 1.73 bits per heavy atom. The van der Waals surface area contributed by atoms with Gasteiger partial charge in [-0.2, -0.15) is 5.10 Å². The Morgan fingerprint density at radius 1 is 1.12 bits per heavy atom. The molecule has 4 fully saturated rings. The van der Waals surface area contributed by atoms with Crippen molar-refractivity contribution in [1.29, 1.82) is 0 Å². The van der Waals surface area contributed by atoms with E-state index < -0.39 is 0 Å². The monoisotopic (exact) mass is 351 g/mol. The minimum absolute atomic E-state index is 0.0146. The third-order valence-corrected chi connectivity index (χ3v) is 6.63. The zero-order valence-corrected chi connectivity index (χ0v) is 15.1. The lowest BCUT2D eigenvalue weighted by Gasteiger charge is -2.56. The number of nitrogens with one attached hydrogen (secondary N) is 2. The molecule has 1 aromatic carbocycles. The average Bonchev–Trinajstić information content (AvgIpc) is 3.10. The van der Waals surface area contributed by atoms with Crippen LogP contribution >= 0.6 is 0 Å². The van der Waals surface area contributed by atoms with Crippen molar-refractivity contribution in [2.24, 2.45) is 17.8 Å². The molecule has 2 N–H and O–H groups in total. The molecule has 0 atom stereocenters. The second kappa shape index (κ2) is 5.86. The second-order valence-electron chi connectivity index (χ2n) is 8.55. The van der Waals surface area contributed by atoms with Gasteiger partial charge in [0.15, 0.2) is 0 Å². The summed E-state index contributed by atoms with van der Waals surface area (Å²) in [6.07, 6.45) is 7.60.